The third-order valence-electron chi connectivity index (χ3n) is 5.15. The second kappa shape index (κ2) is 7.60. The predicted molar refractivity (Wildman–Crippen MR) is 107 cm³/mol. The van der Waals surface area contributed by atoms with Crippen molar-refractivity contribution < 1.29 is 13.9 Å². The first kappa shape index (κ1) is 17.8. The molecule has 0 saturated carbocycles. The zero-order valence-electron chi connectivity index (χ0n) is 15.7. The van der Waals surface area contributed by atoms with E-state index in [0.717, 1.165) is 35.2 Å². The average molecular weight is 388 g/mol. The van der Waals surface area contributed by atoms with Gasteiger partial charge in [0.05, 0.1) is 5.71 Å². The Morgan fingerprint density at radius 2 is 1.83 bits per heavy atom. The molecule has 29 heavy (non-hydrogen) atoms. The van der Waals surface area contributed by atoms with Crippen molar-refractivity contribution in [2.45, 2.75) is 31.5 Å². The molecule has 1 fully saturated rings. The number of aliphatic imine (C=N–C) groups is 1. The van der Waals surface area contributed by atoms with Crippen molar-refractivity contribution in [1.29, 1.82) is 0 Å². The number of ketones is 1. The van der Waals surface area contributed by atoms with Crippen molar-refractivity contribution in [1.82, 2.24) is 10.2 Å². The second-order valence-corrected chi connectivity index (χ2v) is 7.14. The van der Waals surface area contributed by atoms with Crippen molar-refractivity contribution in [3.8, 4) is 0 Å². The molecule has 1 aromatic heterocycles. The maximum atomic E-state index is 12.9. The number of ether oxygens (including phenoxy) is 1. The number of fused-ring (bicyclic) bond motifs is 1. The van der Waals surface area contributed by atoms with Crippen LogP contribution in [0.3, 0.4) is 0 Å². The van der Waals surface area contributed by atoms with Gasteiger partial charge in [0.25, 0.3) is 0 Å². The maximum absolute atomic E-state index is 12.9. The molecule has 0 aliphatic carbocycles. The number of hydrogen-bond donors (Lipinski definition) is 1. The van der Waals surface area contributed by atoms with Gasteiger partial charge in [-0.25, -0.2) is 0 Å². The Kier molecular flexibility index (Phi) is 4.65. The third kappa shape index (κ3) is 3.56. The van der Waals surface area contributed by atoms with Crippen LogP contribution in [0.25, 0.3) is 0 Å². The summed E-state index contributed by atoms with van der Waals surface area (Å²) < 4.78 is 11.3. The quantitative estimate of drug-likeness (QED) is 0.737. The fourth-order valence-electron chi connectivity index (χ4n) is 3.71. The van der Waals surface area contributed by atoms with Crippen molar-refractivity contribution in [3.05, 3.63) is 77.2 Å². The largest absolute Gasteiger partial charge is 0.405 e. The van der Waals surface area contributed by atoms with Gasteiger partial charge in [-0.05, 0) is 18.4 Å². The van der Waals surface area contributed by atoms with Gasteiger partial charge >= 0.3 is 6.01 Å². The van der Waals surface area contributed by atoms with Gasteiger partial charge in [0.1, 0.15) is 6.10 Å². The minimum Gasteiger partial charge on any atom is -0.405 e. The average Bonchev–Trinajstić information content (AvgIpc) is 3.42. The normalized spacial score (nSPS) is 21.4. The van der Waals surface area contributed by atoms with Gasteiger partial charge in [-0.3, -0.25) is 9.79 Å². The van der Waals surface area contributed by atoms with E-state index in [0.29, 0.717) is 12.5 Å². The molecule has 2 aliphatic rings. The van der Waals surface area contributed by atoms with E-state index in [2.05, 4.69) is 15.5 Å². The van der Waals surface area contributed by atoms with Crippen LogP contribution in [-0.4, -0.2) is 34.5 Å². The molecule has 0 radical (unpaired) electrons. The number of aromatic nitrogens is 2. The molecule has 7 heteroatoms. The van der Waals surface area contributed by atoms with Gasteiger partial charge < -0.3 is 14.5 Å². The summed E-state index contributed by atoms with van der Waals surface area (Å²) >= 11 is 0. The van der Waals surface area contributed by atoms with Crippen molar-refractivity contribution in [2.75, 3.05) is 11.9 Å². The number of nitrogens with zero attached hydrogens (tertiary/aromatic N) is 3. The Hall–Kier alpha value is -3.32. The van der Waals surface area contributed by atoms with E-state index in [-0.39, 0.29) is 24.3 Å². The first-order valence-corrected chi connectivity index (χ1v) is 9.74. The summed E-state index contributed by atoms with van der Waals surface area (Å²) in [6, 6.07) is 17.9. The molecule has 1 N–H and O–H groups in total. The Morgan fingerprint density at radius 3 is 2.66 bits per heavy atom. The van der Waals surface area contributed by atoms with E-state index >= 15 is 0 Å². The number of carbonyl (C=O) groups excluding carboxylic acids is 1. The van der Waals surface area contributed by atoms with Crippen molar-refractivity contribution in [2.24, 2.45) is 4.99 Å². The van der Waals surface area contributed by atoms with E-state index in [1.807, 2.05) is 54.6 Å². The maximum Gasteiger partial charge on any atom is 0.317 e. The lowest BCUT2D eigenvalue weighted by atomic mass is 9.96. The molecule has 5 rings (SSSR count). The molecule has 7 nitrogen and oxygen atoms in total. The Labute approximate surface area is 167 Å². The molecule has 146 valence electrons. The molecule has 2 aliphatic heterocycles. The number of rotatable bonds is 4. The molecule has 2 atom stereocenters. The number of hydrogen-bond acceptors (Lipinski definition) is 7. The van der Waals surface area contributed by atoms with Crippen LogP contribution in [0.4, 0.5) is 6.01 Å². The standard InChI is InChI=1S/C22H20N4O3/c27-17-13-15-9-4-5-10-16(15)19(14-7-2-1-3-8-14)23-20(17)24-22-26-25-21(29-22)18-11-6-12-28-18/h1-5,7-10,18,20H,6,11-13H2,(H,24,26)/t18-,20?/m1/s1. The van der Waals surface area contributed by atoms with Crippen LogP contribution in [0.15, 0.2) is 64.0 Å². The molecule has 0 spiro atoms. The highest BCUT2D eigenvalue weighted by Crippen LogP contribution is 2.29. The highest BCUT2D eigenvalue weighted by Gasteiger charge is 2.28. The van der Waals surface area contributed by atoms with Gasteiger partial charge in [0, 0.05) is 24.2 Å². The summed E-state index contributed by atoms with van der Waals surface area (Å²) in [5.74, 6) is 0.377. The van der Waals surface area contributed by atoms with E-state index < -0.39 is 6.17 Å². The topological polar surface area (TPSA) is 89.6 Å². The molecule has 1 saturated heterocycles. The SMILES string of the molecule is O=C1Cc2ccccc2C(c2ccccc2)=NC1Nc1nnc([C@H]2CCCO2)o1. The lowest BCUT2D eigenvalue weighted by molar-refractivity contribution is -0.119. The van der Waals surface area contributed by atoms with Crippen LogP contribution in [-0.2, 0) is 16.0 Å². The lowest BCUT2D eigenvalue weighted by Crippen LogP contribution is -2.29. The van der Waals surface area contributed by atoms with Gasteiger partial charge in [-0.15, -0.1) is 5.10 Å². The fraction of sp³-hybridized carbons (Fsp3) is 0.273. The third-order valence-corrected chi connectivity index (χ3v) is 5.15. The van der Waals surface area contributed by atoms with Crippen molar-refractivity contribution in [3.63, 3.8) is 0 Å². The molecule has 0 amide bonds. The van der Waals surface area contributed by atoms with Crippen LogP contribution in [0.1, 0.15) is 41.5 Å². The van der Waals surface area contributed by atoms with Gasteiger partial charge in [0.15, 0.2) is 11.9 Å². The number of benzene rings is 2. The molecule has 3 aromatic rings. The zero-order chi connectivity index (χ0) is 19.6. The predicted octanol–water partition coefficient (Wildman–Crippen LogP) is 3.32. The number of nitrogens with one attached hydrogen (secondary N) is 1. The number of carbonyl (C=O) groups is 1. The molecular formula is C22H20N4O3. The highest BCUT2D eigenvalue weighted by molar-refractivity contribution is 6.16. The lowest BCUT2D eigenvalue weighted by Gasteiger charge is -2.12. The number of Topliss-reactive ketones (excluding diaryl/α,β-unsaturated/α-hetero) is 1. The monoisotopic (exact) mass is 388 g/mol. The van der Waals surface area contributed by atoms with E-state index in [9.17, 15) is 4.79 Å². The summed E-state index contributed by atoms with van der Waals surface area (Å²) in [6.45, 7) is 0.694. The minimum absolute atomic E-state index is 0.0553. The summed E-state index contributed by atoms with van der Waals surface area (Å²) in [4.78, 5) is 17.7. The van der Waals surface area contributed by atoms with E-state index in [1.54, 1.807) is 0 Å². The molecule has 3 heterocycles. The molecule has 1 unspecified atom stereocenters. The van der Waals surface area contributed by atoms with Crippen LogP contribution in [0, 0.1) is 0 Å². The van der Waals surface area contributed by atoms with Gasteiger partial charge in [0.2, 0.25) is 5.89 Å². The fourth-order valence-corrected chi connectivity index (χ4v) is 3.71. The van der Waals surface area contributed by atoms with Crippen LogP contribution < -0.4 is 5.32 Å². The van der Waals surface area contributed by atoms with Crippen LogP contribution >= 0.6 is 0 Å². The molecular weight excluding hydrogens is 368 g/mol. The summed E-state index contributed by atoms with van der Waals surface area (Å²) in [5.41, 5.74) is 3.63. The zero-order valence-corrected chi connectivity index (χ0v) is 15.7. The smallest absolute Gasteiger partial charge is 0.317 e. The number of anilines is 1. The van der Waals surface area contributed by atoms with Crippen molar-refractivity contribution >= 4 is 17.5 Å². The summed E-state index contributed by atoms with van der Waals surface area (Å²) in [7, 11) is 0. The van der Waals surface area contributed by atoms with E-state index in [1.165, 1.54) is 0 Å². The first-order valence-electron chi connectivity index (χ1n) is 9.74. The minimum atomic E-state index is -0.810. The van der Waals surface area contributed by atoms with Gasteiger partial charge in [-0.1, -0.05) is 59.7 Å². The Morgan fingerprint density at radius 1 is 1.00 bits per heavy atom. The summed E-state index contributed by atoms with van der Waals surface area (Å²) in [5, 5.41) is 11.1. The Bertz CT molecular complexity index is 1050. The second-order valence-electron chi connectivity index (χ2n) is 7.14. The molecule has 2 aromatic carbocycles. The van der Waals surface area contributed by atoms with E-state index in [4.69, 9.17) is 14.1 Å². The Balaban J connectivity index is 1.49. The highest BCUT2D eigenvalue weighted by atomic mass is 16.5. The summed E-state index contributed by atoms with van der Waals surface area (Å²) in [6.07, 6.45) is 1.13. The van der Waals surface area contributed by atoms with Crippen LogP contribution in [0.5, 0.6) is 0 Å². The van der Waals surface area contributed by atoms with Gasteiger partial charge in [-0.2, -0.15) is 0 Å². The molecule has 0 bridgehead atoms. The first-order chi connectivity index (χ1) is 14.3. The van der Waals surface area contributed by atoms with Crippen LogP contribution in [0.2, 0.25) is 0 Å².